The van der Waals surface area contributed by atoms with E-state index in [4.69, 9.17) is 22.1 Å². The molecule has 1 aliphatic carbocycles. The lowest BCUT2D eigenvalue weighted by molar-refractivity contribution is 0.0386. The second-order valence-corrected chi connectivity index (χ2v) is 6.11. The molecule has 1 aliphatic rings. The van der Waals surface area contributed by atoms with Gasteiger partial charge in [0.2, 0.25) is 0 Å². The van der Waals surface area contributed by atoms with Crippen LogP contribution >= 0.6 is 11.6 Å². The first-order valence-electron chi connectivity index (χ1n) is 7.59. The van der Waals surface area contributed by atoms with Crippen LogP contribution in [0.5, 0.6) is 0 Å². The van der Waals surface area contributed by atoms with Crippen LogP contribution < -0.4 is 5.73 Å². The molecule has 0 heterocycles. The second-order valence-electron chi connectivity index (χ2n) is 5.70. The molecule has 3 nitrogen and oxygen atoms in total. The number of rotatable bonds is 2. The Morgan fingerprint density at radius 1 is 0.917 bits per heavy atom. The molecule has 3 aromatic rings. The number of esters is 1. The Morgan fingerprint density at radius 3 is 2.08 bits per heavy atom. The van der Waals surface area contributed by atoms with Crippen molar-refractivity contribution in [1.82, 2.24) is 0 Å². The smallest absolute Gasteiger partial charge is 0.340 e. The Balaban J connectivity index is 1.73. The van der Waals surface area contributed by atoms with Crippen molar-refractivity contribution in [3.05, 3.63) is 88.4 Å². The first-order valence-corrected chi connectivity index (χ1v) is 7.97. The second kappa shape index (κ2) is 5.69. The molecule has 2 N–H and O–H groups in total. The summed E-state index contributed by atoms with van der Waals surface area (Å²) in [5.74, 6) is -0.462. The summed E-state index contributed by atoms with van der Waals surface area (Å²) in [5.41, 5.74) is 10.7. The standard InChI is InChI=1S/C20H14ClNO2/c21-18-11-12(22)9-10-17(18)20(23)24-19-15-7-3-1-5-13(15)14-6-2-4-8-16(14)19/h1-11,19H,22H2. The highest BCUT2D eigenvalue weighted by Crippen LogP contribution is 2.45. The SMILES string of the molecule is Nc1ccc(C(=O)OC2c3ccccc3-c3ccccc32)c(Cl)c1. The van der Waals surface area contributed by atoms with Gasteiger partial charge < -0.3 is 10.5 Å². The van der Waals surface area contributed by atoms with Gasteiger partial charge in [0.15, 0.2) is 6.10 Å². The maximum Gasteiger partial charge on any atom is 0.340 e. The predicted octanol–water partition coefficient (Wildman–Crippen LogP) is 4.85. The van der Waals surface area contributed by atoms with E-state index in [9.17, 15) is 4.79 Å². The largest absolute Gasteiger partial charge is 0.449 e. The molecule has 0 aromatic heterocycles. The van der Waals surface area contributed by atoms with E-state index in [2.05, 4.69) is 0 Å². The van der Waals surface area contributed by atoms with Gasteiger partial charge in [0, 0.05) is 16.8 Å². The molecular formula is C20H14ClNO2. The van der Waals surface area contributed by atoms with Crippen LogP contribution in [0.3, 0.4) is 0 Å². The van der Waals surface area contributed by atoms with E-state index in [1.807, 2.05) is 48.5 Å². The number of fused-ring (bicyclic) bond motifs is 3. The minimum Gasteiger partial charge on any atom is -0.449 e. The van der Waals surface area contributed by atoms with Gasteiger partial charge in [-0.15, -0.1) is 0 Å². The van der Waals surface area contributed by atoms with Crippen molar-refractivity contribution in [3.8, 4) is 11.1 Å². The molecule has 0 spiro atoms. The average Bonchev–Trinajstić information content (AvgIpc) is 2.89. The third kappa shape index (κ3) is 2.34. The topological polar surface area (TPSA) is 52.3 Å². The fourth-order valence-electron chi connectivity index (χ4n) is 3.10. The summed E-state index contributed by atoms with van der Waals surface area (Å²) >= 11 is 6.13. The minimum atomic E-state index is -0.462. The molecule has 118 valence electrons. The van der Waals surface area contributed by atoms with Crippen LogP contribution in [0.1, 0.15) is 27.6 Å². The third-order valence-electron chi connectivity index (χ3n) is 4.21. The lowest BCUT2D eigenvalue weighted by Gasteiger charge is -2.15. The number of hydrogen-bond acceptors (Lipinski definition) is 3. The van der Waals surface area contributed by atoms with E-state index >= 15 is 0 Å². The van der Waals surface area contributed by atoms with Crippen molar-refractivity contribution < 1.29 is 9.53 Å². The summed E-state index contributed by atoms with van der Waals surface area (Å²) in [5, 5.41) is 0.291. The molecular weight excluding hydrogens is 322 g/mol. The van der Waals surface area contributed by atoms with Crippen LogP contribution in [0.2, 0.25) is 5.02 Å². The summed E-state index contributed by atoms with van der Waals surface area (Å²) in [7, 11) is 0. The van der Waals surface area contributed by atoms with Crippen LogP contribution in [0.25, 0.3) is 11.1 Å². The van der Waals surface area contributed by atoms with E-state index in [-0.39, 0.29) is 0 Å². The molecule has 3 aromatic carbocycles. The van der Waals surface area contributed by atoms with Crippen molar-refractivity contribution in [3.63, 3.8) is 0 Å². The summed E-state index contributed by atoms with van der Waals surface area (Å²) in [6.45, 7) is 0. The van der Waals surface area contributed by atoms with Gasteiger partial charge in [-0.1, -0.05) is 60.1 Å². The van der Waals surface area contributed by atoms with Crippen LogP contribution in [0, 0.1) is 0 Å². The highest BCUT2D eigenvalue weighted by Gasteiger charge is 2.31. The van der Waals surface area contributed by atoms with Crippen molar-refractivity contribution in [2.45, 2.75) is 6.10 Å². The highest BCUT2D eigenvalue weighted by molar-refractivity contribution is 6.33. The zero-order valence-corrected chi connectivity index (χ0v) is 13.5. The van der Waals surface area contributed by atoms with Gasteiger partial charge in [-0.3, -0.25) is 0 Å². The van der Waals surface area contributed by atoms with Crippen molar-refractivity contribution in [2.24, 2.45) is 0 Å². The molecule has 0 saturated heterocycles. The number of carbonyl (C=O) groups is 1. The van der Waals surface area contributed by atoms with Gasteiger partial charge in [-0.2, -0.15) is 0 Å². The van der Waals surface area contributed by atoms with E-state index < -0.39 is 12.1 Å². The fraction of sp³-hybridized carbons (Fsp3) is 0.0500. The van der Waals surface area contributed by atoms with Crippen LogP contribution in [-0.4, -0.2) is 5.97 Å². The molecule has 0 unspecified atom stereocenters. The Morgan fingerprint density at radius 2 is 1.50 bits per heavy atom. The number of carbonyl (C=O) groups excluding carboxylic acids is 1. The lowest BCUT2D eigenvalue weighted by atomic mass is 10.1. The molecule has 0 atom stereocenters. The van der Waals surface area contributed by atoms with Gasteiger partial charge in [0.1, 0.15) is 0 Å². The van der Waals surface area contributed by atoms with Crippen molar-refractivity contribution in [1.29, 1.82) is 0 Å². The predicted molar refractivity (Wildman–Crippen MR) is 95.0 cm³/mol. The fourth-order valence-corrected chi connectivity index (χ4v) is 3.37. The maximum absolute atomic E-state index is 12.6. The van der Waals surface area contributed by atoms with Gasteiger partial charge in [0.25, 0.3) is 0 Å². The molecule has 0 radical (unpaired) electrons. The van der Waals surface area contributed by atoms with E-state index in [1.54, 1.807) is 18.2 Å². The molecule has 4 heteroatoms. The Kier molecular flexibility index (Phi) is 3.51. The van der Waals surface area contributed by atoms with E-state index in [0.717, 1.165) is 22.3 Å². The number of ether oxygens (including phenoxy) is 1. The monoisotopic (exact) mass is 335 g/mol. The summed E-state index contributed by atoms with van der Waals surface area (Å²) in [6.07, 6.45) is -0.432. The molecule has 0 aliphatic heterocycles. The maximum atomic E-state index is 12.6. The van der Waals surface area contributed by atoms with E-state index in [1.165, 1.54) is 0 Å². The first kappa shape index (κ1) is 14.8. The molecule has 0 fully saturated rings. The highest BCUT2D eigenvalue weighted by atomic mass is 35.5. The number of benzene rings is 3. The van der Waals surface area contributed by atoms with Crippen molar-refractivity contribution >= 4 is 23.3 Å². The average molecular weight is 336 g/mol. The zero-order chi connectivity index (χ0) is 16.7. The molecule has 0 bridgehead atoms. The van der Waals surface area contributed by atoms with Crippen LogP contribution in [0.15, 0.2) is 66.7 Å². The van der Waals surface area contributed by atoms with Gasteiger partial charge in [-0.05, 0) is 29.3 Å². The lowest BCUT2D eigenvalue weighted by Crippen LogP contribution is -2.11. The Labute approximate surface area is 144 Å². The first-order chi connectivity index (χ1) is 11.6. The number of nitrogens with two attached hydrogens (primary N) is 1. The molecule has 0 saturated carbocycles. The number of hydrogen-bond donors (Lipinski definition) is 1. The normalized spacial score (nSPS) is 12.5. The quantitative estimate of drug-likeness (QED) is 0.538. The van der Waals surface area contributed by atoms with Gasteiger partial charge >= 0.3 is 5.97 Å². The molecule has 4 rings (SSSR count). The minimum absolute atomic E-state index is 0.291. The Bertz CT molecular complexity index is 906. The van der Waals surface area contributed by atoms with Crippen LogP contribution in [-0.2, 0) is 4.74 Å². The third-order valence-corrected chi connectivity index (χ3v) is 4.53. The van der Waals surface area contributed by atoms with Crippen LogP contribution in [0.4, 0.5) is 5.69 Å². The number of halogens is 1. The van der Waals surface area contributed by atoms with Gasteiger partial charge in [0.05, 0.1) is 10.6 Å². The molecule has 0 amide bonds. The van der Waals surface area contributed by atoms with Crippen molar-refractivity contribution in [2.75, 3.05) is 5.73 Å². The summed E-state index contributed by atoms with van der Waals surface area (Å²) in [6, 6.07) is 20.7. The summed E-state index contributed by atoms with van der Waals surface area (Å²) in [4.78, 5) is 12.6. The molecule has 24 heavy (non-hydrogen) atoms. The summed E-state index contributed by atoms with van der Waals surface area (Å²) < 4.78 is 5.81. The zero-order valence-electron chi connectivity index (χ0n) is 12.7. The number of anilines is 1. The number of nitrogen functional groups attached to an aromatic ring is 1. The van der Waals surface area contributed by atoms with Gasteiger partial charge in [-0.25, -0.2) is 4.79 Å². The Hall–Kier alpha value is -2.78. The van der Waals surface area contributed by atoms with E-state index in [0.29, 0.717) is 16.3 Å².